The van der Waals surface area contributed by atoms with Gasteiger partial charge in [-0.2, -0.15) is 18.2 Å². The molecule has 1 N–H and O–H groups in total. The molecule has 1 atom stereocenters. The van der Waals surface area contributed by atoms with E-state index in [0.29, 0.717) is 15.8 Å². The van der Waals surface area contributed by atoms with E-state index in [-0.39, 0.29) is 12.0 Å². The summed E-state index contributed by atoms with van der Waals surface area (Å²) in [6, 6.07) is 7.62. The van der Waals surface area contributed by atoms with Gasteiger partial charge in [-0.25, -0.2) is 0 Å². The summed E-state index contributed by atoms with van der Waals surface area (Å²) in [5.41, 5.74) is 1.48. The van der Waals surface area contributed by atoms with Crippen LogP contribution in [-0.4, -0.2) is 22.6 Å². The van der Waals surface area contributed by atoms with Gasteiger partial charge in [-0.05, 0) is 42.3 Å². The fraction of sp³-hybridized carbons (Fsp3) is 0.353. The van der Waals surface area contributed by atoms with E-state index < -0.39 is 23.7 Å². The van der Waals surface area contributed by atoms with E-state index in [1.807, 2.05) is 0 Å². The minimum atomic E-state index is -4.56. The smallest absolute Gasteiger partial charge is 0.287 e. The molecule has 0 aromatic heterocycles. The van der Waals surface area contributed by atoms with Gasteiger partial charge in [0.15, 0.2) is 6.04 Å². The van der Waals surface area contributed by atoms with Crippen molar-refractivity contribution in [2.45, 2.75) is 38.0 Å². The molecule has 2 aromatic rings. The maximum absolute atomic E-state index is 13.9. The molecular weight excluding hydrogens is 341 g/mol. The first-order valence-electron chi connectivity index (χ1n) is 7.43. The highest BCUT2D eigenvalue weighted by Crippen LogP contribution is 2.44. The fourth-order valence-electron chi connectivity index (χ4n) is 3.19. The van der Waals surface area contributed by atoms with Crippen molar-refractivity contribution in [1.82, 2.24) is 10.4 Å². The molecule has 128 valence electrons. The molecular formula is C17H16ClF3N2O. The van der Waals surface area contributed by atoms with Crippen LogP contribution >= 0.6 is 11.6 Å². The van der Waals surface area contributed by atoms with Crippen molar-refractivity contribution in [3.63, 3.8) is 0 Å². The van der Waals surface area contributed by atoms with E-state index in [4.69, 9.17) is 11.6 Å². The summed E-state index contributed by atoms with van der Waals surface area (Å²) in [6.07, 6.45) is -4.56. The third-order valence-corrected chi connectivity index (χ3v) is 4.47. The van der Waals surface area contributed by atoms with Crippen LogP contribution in [0, 0.1) is 0 Å². The minimum Gasteiger partial charge on any atom is -0.287 e. The first-order chi connectivity index (χ1) is 11.1. The summed E-state index contributed by atoms with van der Waals surface area (Å²) in [4.78, 5) is 11.7. The van der Waals surface area contributed by atoms with Gasteiger partial charge in [0.2, 0.25) is 5.91 Å². The molecule has 3 rings (SSSR count). The summed E-state index contributed by atoms with van der Waals surface area (Å²) < 4.78 is 41.8. The minimum absolute atomic E-state index is 0.00506. The topological polar surface area (TPSA) is 32.3 Å². The number of fused-ring (bicyclic) bond motifs is 1. The second kappa shape index (κ2) is 5.63. The van der Waals surface area contributed by atoms with E-state index in [0.717, 1.165) is 5.01 Å². The quantitative estimate of drug-likeness (QED) is 0.852. The molecule has 24 heavy (non-hydrogen) atoms. The average molecular weight is 357 g/mol. The number of carbonyl (C=O) groups is 1. The molecule has 0 spiro atoms. The lowest BCUT2D eigenvalue weighted by Crippen LogP contribution is -2.51. The molecule has 0 radical (unpaired) electrons. The van der Waals surface area contributed by atoms with Crippen molar-refractivity contribution < 1.29 is 18.0 Å². The number of amides is 1. The van der Waals surface area contributed by atoms with E-state index in [1.165, 1.54) is 12.1 Å². The Balaban J connectivity index is 2.22. The SMILES string of the molecule is CC1(C)CC(=O)NN1[C@@H](c1cccc2ccc(Cl)cc12)C(F)(F)F. The first-order valence-corrected chi connectivity index (χ1v) is 7.81. The number of hydrogen-bond acceptors (Lipinski definition) is 2. The number of rotatable bonds is 2. The van der Waals surface area contributed by atoms with Crippen LogP contribution in [-0.2, 0) is 4.79 Å². The summed E-state index contributed by atoms with van der Waals surface area (Å²) in [7, 11) is 0. The molecule has 0 aliphatic carbocycles. The second-order valence-corrected chi connectivity index (χ2v) is 6.99. The van der Waals surface area contributed by atoms with Gasteiger partial charge >= 0.3 is 6.18 Å². The third-order valence-electron chi connectivity index (χ3n) is 4.23. The lowest BCUT2D eigenvalue weighted by Gasteiger charge is -2.38. The second-order valence-electron chi connectivity index (χ2n) is 6.55. The van der Waals surface area contributed by atoms with Crippen LogP contribution < -0.4 is 5.43 Å². The number of alkyl halides is 3. The summed E-state index contributed by atoms with van der Waals surface area (Å²) in [5.74, 6) is -0.424. The molecule has 0 bridgehead atoms. The van der Waals surface area contributed by atoms with Gasteiger partial charge in [0.1, 0.15) is 0 Å². The number of halogens is 4. The van der Waals surface area contributed by atoms with Crippen LogP contribution in [0.1, 0.15) is 31.9 Å². The van der Waals surface area contributed by atoms with Crippen molar-refractivity contribution in [1.29, 1.82) is 0 Å². The number of hydrogen-bond donors (Lipinski definition) is 1. The van der Waals surface area contributed by atoms with Crippen molar-refractivity contribution in [2.75, 3.05) is 0 Å². The molecule has 2 aromatic carbocycles. The van der Waals surface area contributed by atoms with Crippen LogP contribution in [0.5, 0.6) is 0 Å². The number of nitrogens with zero attached hydrogens (tertiary/aromatic N) is 1. The van der Waals surface area contributed by atoms with Gasteiger partial charge in [0.05, 0.1) is 0 Å². The maximum atomic E-state index is 13.9. The Hall–Kier alpha value is -1.79. The van der Waals surface area contributed by atoms with Gasteiger partial charge < -0.3 is 0 Å². The zero-order valence-electron chi connectivity index (χ0n) is 13.1. The summed E-state index contributed by atoms with van der Waals surface area (Å²) in [6.45, 7) is 3.23. The first kappa shape index (κ1) is 17.0. The standard InChI is InChI=1S/C17H16ClF3N2O/c1-16(2)9-14(24)22-23(16)15(17(19,20)21)12-5-3-4-10-6-7-11(18)8-13(10)12/h3-8,15H,9H2,1-2H3,(H,22,24)/t15-/m0/s1. The Bertz CT molecular complexity index is 804. The van der Waals surface area contributed by atoms with Crippen LogP contribution in [0.4, 0.5) is 13.2 Å². The molecule has 1 fully saturated rings. The van der Waals surface area contributed by atoms with Gasteiger partial charge in [0, 0.05) is 17.0 Å². The number of nitrogens with one attached hydrogen (secondary N) is 1. The normalized spacial score (nSPS) is 19.5. The molecule has 1 heterocycles. The Kier molecular flexibility index (Phi) is 4.00. The molecule has 1 amide bonds. The number of hydrazine groups is 1. The van der Waals surface area contributed by atoms with Gasteiger partial charge in [0.25, 0.3) is 0 Å². The molecule has 7 heteroatoms. The van der Waals surface area contributed by atoms with Gasteiger partial charge in [-0.15, -0.1) is 0 Å². The van der Waals surface area contributed by atoms with E-state index in [2.05, 4.69) is 5.43 Å². The van der Waals surface area contributed by atoms with Crippen molar-refractivity contribution in [3.05, 3.63) is 47.0 Å². The Morgan fingerprint density at radius 2 is 1.96 bits per heavy atom. The largest absolute Gasteiger partial charge is 0.409 e. The molecule has 1 aliphatic rings. The third kappa shape index (κ3) is 2.96. The van der Waals surface area contributed by atoms with Crippen LogP contribution in [0.25, 0.3) is 10.8 Å². The summed E-state index contributed by atoms with van der Waals surface area (Å²) in [5, 5.41) is 2.45. The van der Waals surface area contributed by atoms with Gasteiger partial charge in [-0.1, -0.05) is 35.9 Å². The molecule has 0 unspecified atom stereocenters. The molecule has 0 saturated carbocycles. The highest BCUT2D eigenvalue weighted by atomic mass is 35.5. The number of carbonyl (C=O) groups excluding carboxylic acids is 1. The van der Waals surface area contributed by atoms with Crippen LogP contribution in [0.2, 0.25) is 5.02 Å². The van der Waals surface area contributed by atoms with E-state index in [1.54, 1.807) is 38.1 Å². The molecule has 1 saturated heterocycles. The van der Waals surface area contributed by atoms with Crippen LogP contribution in [0.15, 0.2) is 36.4 Å². The Morgan fingerprint density at radius 1 is 1.25 bits per heavy atom. The Morgan fingerprint density at radius 3 is 2.54 bits per heavy atom. The van der Waals surface area contributed by atoms with Crippen molar-refractivity contribution in [3.8, 4) is 0 Å². The molecule has 3 nitrogen and oxygen atoms in total. The molecule has 1 aliphatic heterocycles. The predicted octanol–water partition coefficient (Wildman–Crippen LogP) is 4.61. The monoisotopic (exact) mass is 356 g/mol. The van der Waals surface area contributed by atoms with Crippen LogP contribution in [0.3, 0.4) is 0 Å². The highest BCUT2D eigenvalue weighted by Gasteiger charge is 2.53. The maximum Gasteiger partial charge on any atom is 0.409 e. The van der Waals surface area contributed by atoms with Crippen molar-refractivity contribution >= 4 is 28.3 Å². The fourth-order valence-corrected chi connectivity index (χ4v) is 3.36. The van der Waals surface area contributed by atoms with Crippen molar-refractivity contribution in [2.24, 2.45) is 0 Å². The summed E-state index contributed by atoms with van der Waals surface area (Å²) >= 11 is 5.98. The lowest BCUT2D eigenvalue weighted by atomic mass is 9.94. The average Bonchev–Trinajstić information content (AvgIpc) is 2.71. The van der Waals surface area contributed by atoms with E-state index >= 15 is 0 Å². The number of benzene rings is 2. The Labute approximate surface area is 142 Å². The lowest BCUT2D eigenvalue weighted by molar-refractivity contribution is -0.203. The highest BCUT2D eigenvalue weighted by molar-refractivity contribution is 6.31. The zero-order chi connectivity index (χ0) is 17.7. The predicted molar refractivity (Wildman–Crippen MR) is 86.4 cm³/mol. The zero-order valence-corrected chi connectivity index (χ0v) is 13.9. The van der Waals surface area contributed by atoms with E-state index in [9.17, 15) is 18.0 Å². The van der Waals surface area contributed by atoms with Gasteiger partial charge in [-0.3, -0.25) is 10.2 Å².